The minimum atomic E-state index is 0.272. The molecule has 2 aromatic carbocycles. The molecule has 0 atom stereocenters. The van der Waals surface area contributed by atoms with Crippen LogP contribution in [-0.4, -0.2) is 6.61 Å². The molecule has 22 heavy (non-hydrogen) atoms. The number of furan rings is 1. The molecule has 0 spiro atoms. The van der Waals surface area contributed by atoms with Gasteiger partial charge in [0.05, 0.1) is 12.2 Å². The van der Waals surface area contributed by atoms with Crippen molar-refractivity contribution < 1.29 is 9.15 Å². The summed E-state index contributed by atoms with van der Waals surface area (Å²) in [6.07, 6.45) is 1.02. The lowest BCUT2D eigenvalue weighted by atomic mass is 9.93. The highest BCUT2D eigenvalue weighted by atomic mass is 16.5. The van der Waals surface area contributed by atoms with E-state index in [2.05, 4.69) is 32.9 Å². The summed E-state index contributed by atoms with van der Waals surface area (Å²) in [4.78, 5) is 0. The van der Waals surface area contributed by atoms with Gasteiger partial charge in [0.2, 0.25) is 0 Å². The lowest BCUT2D eigenvalue weighted by molar-refractivity contribution is 0.243. The first-order valence-corrected chi connectivity index (χ1v) is 7.74. The van der Waals surface area contributed by atoms with Crippen LogP contribution in [0.1, 0.15) is 27.2 Å². The topological polar surface area (TPSA) is 22.4 Å². The van der Waals surface area contributed by atoms with Crippen molar-refractivity contribution in [1.82, 2.24) is 0 Å². The van der Waals surface area contributed by atoms with Crippen LogP contribution in [-0.2, 0) is 0 Å². The third kappa shape index (κ3) is 3.33. The molecule has 0 unspecified atom stereocenters. The molecule has 3 aromatic rings. The molecule has 0 aliphatic heterocycles. The standard InChI is InChI=1S/C20H22O2/c1-20(2,3)12-13-21-18-11-7-5-9-16(18)19-14-15-8-4-6-10-17(15)22-19/h4-11,14H,12-13H2,1-3H3. The van der Waals surface area contributed by atoms with E-state index >= 15 is 0 Å². The van der Waals surface area contributed by atoms with E-state index in [0.29, 0.717) is 6.61 Å². The van der Waals surface area contributed by atoms with Crippen molar-refractivity contribution >= 4 is 11.0 Å². The smallest absolute Gasteiger partial charge is 0.139 e. The Morgan fingerprint density at radius 2 is 1.68 bits per heavy atom. The van der Waals surface area contributed by atoms with Gasteiger partial charge in [0.1, 0.15) is 17.1 Å². The van der Waals surface area contributed by atoms with Crippen LogP contribution < -0.4 is 4.74 Å². The molecule has 2 heteroatoms. The molecule has 0 aliphatic rings. The molecule has 114 valence electrons. The Morgan fingerprint density at radius 3 is 2.45 bits per heavy atom. The number of hydrogen-bond acceptors (Lipinski definition) is 2. The number of rotatable bonds is 4. The average Bonchev–Trinajstić information content (AvgIpc) is 2.90. The van der Waals surface area contributed by atoms with Crippen molar-refractivity contribution in [2.45, 2.75) is 27.2 Å². The minimum Gasteiger partial charge on any atom is -0.493 e. The summed E-state index contributed by atoms with van der Waals surface area (Å²) in [5.41, 5.74) is 2.18. The monoisotopic (exact) mass is 294 g/mol. The maximum absolute atomic E-state index is 6.00. The Morgan fingerprint density at radius 1 is 0.955 bits per heavy atom. The van der Waals surface area contributed by atoms with Gasteiger partial charge in [-0.15, -0.1) is 0 Å². The van der Waals surface area contributed by atoms with Gasteiger partial charge >= 0.3 is 0 Å². The van der Waals surface area contributed by atoms with E-state index in [0.717, 1.165) is 34.5 Å². The number of ether oxygens (including phenoxy) is 1. The summed E-state index contributed by atoms with van der Waals surface area (Å²) in [5, 5.41) is 1.11. The van der Waals surface area contributed by atoms with Crippen LogP contribution >= 0.6 is 0 Å². The van der Waals surface area contributed by atoms with Crippen molar-refractivity contribution in [1.29, 1.82) is 0 Å². The summed E-state index contributed by atoms with van der Waals surface area (Å²) < 4.78 is 12.0. The van der Waals surface area contributed by atoms with Crippen LogP contribution in [0, 0.1) is 5.41 Å². The van der Waals surface area contributed by atoms with E-state index in [9.17, 15) is 0 Å². The zero-order valence-corrected chi connectivity index (χ0v) is 13.4. The van der Waals surface area contributed by atoms with Crippen LogP contribution in [0.2, 0.25) is 0 Å². The van der Waals surface area contributed by atoms with Gasteiger partial charge in [-0.2, -0.15) is 0 Å². The van der Waals surface area contributed by atoms with Crippen molar-refractivity contribution in [3.05, 3.63) is 54.6 Å². The van der Waals surface area contributed by atoms with Crippen LogP contribution in [0.3, 0.4) is 0 Å². The molecule has 0 saturated heterocycles. The number of fused-ring (bicyclic) bond motifs is 1. The molecule has 0 aliphatic carbocycles. The second-order valence-corrected chi connectivity index (χ2v) is 6.80. The van der Waals surface area contributed by atoms with E-state index in [-0.39, 0.29) is 5.41 Å². The number of hydrogen-bond donors (Lipinski definition) is 0. The average molecular weight is 294 g/mol. The maximum Gasteiger partial charge on any atom is 0.139 e. The van der Waals surface area contributed by atoms with Crippen LogP contribution in [0.4, 0.5) is 0 Å². The molecule has 0 bridgehead atoms. The third-order valence-electron chi connectivity index (χ3n) is 3.69. The number of para-hydroxylation sites is 2. The van der Waals surface area contributed by atoms with E-state index in [1.54, 1.807) is 0 Å². The Kier molecular flexibility index (Phi) is 3.93. The first kappa shape index (κ1) is 14.7. The zero-order chi connectivity index (χ0) is 15.6. The van der Waals surface area contributed by atoms with Gasteiger partial charge in [0.15, 0.2) is 0 Å². The first-order valence-electron chi connectivity index (χ1n) is 7.74. The molecule has 1 aromatic heterocycles. The predicted molar refractivity (Wildman–Crippen MR) is 91.2 cm³/mol. The summed E-state index contributed by atoms with van der Waals surface area (Å²) in [5.74, 6) is 1.73. The SMILES string of the molecule is CC(C)(C)CCOc1ccccc1-c1cc2ccccc2o1. The van der Waals surface area contributed by atoms with E-state index in [1.807, 2.05) is 42.5 Å². The molecular weight excluding hydrogens is 272 g/mol. The Balaban J connectivity index is 1.87. The predicted octanol–water partition coefficient (Wildman–Crippen LogP) is 5.91. The highest BCUT2D eigenvalue weighted by Crippen LogP contribution is 2.34. The largest absolute Gasteiger partial charge is 0.493 e. The van der Waals surface area contributed by atoms with Gasteiger partial charge in [-0.25, -0.2) is 0 Å². The second-order valence-electron chi connectivity index (χ2n) is 6.80. The van der Waals surface area contributed by atoms with Crippen LogP contribution in [0.5, 0.6) is 5.75 Å². The molecule has 0 radical (unpaired) electrons. The Bertz CT molecular complexity index is 729. The van der Waals surface area contributed by atoms with E-state index in [4.69, 9.17) is 9.15 Å². The van der Waals surface area contributed by atoms with Crippen molar-refractivity contribution in [2.24, 2.45) is 5.41 Å². The van der Waals surface area contributed by atoms with E-state index < -0.39 is 0 Å². The molecule has 0 N–H and O–H groups in total. The first-order chi connectivity index (χ1) is 10.5. The number of benzene rings is 2. The normalized spacial score (nSPS) is 11.8. The van der Waals surface area contributed by atoms with Crippen LogP contribution in [0.15, 0.2) is 59.0 Å². The minimum absolute atomic E-state index is 0.272. The molecule has 0 amide bonds. The molecule has 0 fully saturated rings. The van der Waals surface area contributed by atoms with Crippen molar-refractivity contribution in [2.75, 3.05) is 6.61 Å². The van der Waals surface area contributed by atoms with Gasteiger partial charge in [0, 0.05) is 5.39 Å². The summed E-state index contributed by atoms with van der Waals surface area (Å²) in [7, 11) is 0. The Hall–Kier alpha value is -2.22. The van der Waals surface area contributed by atoms with Gasteiger partial charge in [-0.3, -0.25) is 0 Å². The quantitative estimate of drug-likeness (QED) is 0.596. The fraction of sp³-hybridized carbons (Fsp3) is 0.300. The maximum atomic E-state index is 6.00. The molecule has 0 saturated carbocycles. The molecule has 1 heterocycles. The summed E-state index contributed by atoms with van der Waals surface area (Å²) in [6.45, 7) is 7.38. The lowest BCUT2D eigenvalue weighted by Gasteiger charge is -2.18. The molecule has 3 rings (SSSR count). The van der Waals surface area contributed by atoms with Gasteiger partial charge in [0.25, 0.3) is 0 Å². The van der Waals surface area contributed by atoms with Gasteiger partial charge in [-0.1, -0.05) is 51.1 Å². The van der Waals surface area contributed by atoms with Crippen LogP contribution in [0.25, 0.3) is 22.3 Å². The Labute approximate surface area is 131 Å². The van der Waals surface area contributed by atoms with Gasteiger partial charge < -0.3 is 9.15 Å². The highest BCUT2D eigenvalue weighted by molar-refractivity contribution is 5.83. The van der Waals surface area contributed by atoms with E-state index in [1.165, 1.54) is 0 Å². The summed E-state index contributed by atoms with van der Waals surface area (Å²) >= 11 is 0. The zero-order valence-electron chi connectivity index (χ0n) is 13.4. The fourth-order valence-corrected chi connectivity index (χ4v) is 2.38. The molecule has 2 nitrogen and oxygen atoms in total. The lowest BCUT2D eigenvalue weighted by Crippen LogP contribution is -2.11. The van der Waals surface area contributed by atoms with Gasteiger partial charge in [-0.05, 0) is 36.1 Å². The third-order valence-corrected chi connectivity index (χ3v) is 3.69. The fourth-order valence-electron chi connectivity index (χ4n) is 2.38. The van der Waals surface area contributed by atoms with Crippen molar-refractivity contribution in [3.63, 3.8) is 0 Å². The second kappa shape index (κ2) is 5.88. The highest BCUT2D eigenvalue weighted by Gasteiger charge is 2.13. The summed E-state index contributed by atoms with van der Waals surface area (Å²) in [6, 6.07) is 18.2. The van der Waals surface area contributed by atoms with Crippen molar-refractivity contribution in [3.8, 4) is 17.1 Å². The molecular formula is C20H22O2.